The lowest BCUT2D eigenvalue weighted by molar-refractivity contribution is -0.120. The standard InChI is InChI=1S/C13H24N4O/c1-11(2)7-15-8-12-9-17(10-16-12)6-4-5-13(18)14-3/h9-11,15H,4-8H2,1-3H3,(H,14,18). The first-order valence-corrected chi connectivity index (χ1v) is 6.53. The van der Waals surface area contributed by atoms with Crippen LogP contribution in [0.4, 0.5) is 0 Å². The number of nitrogens with zero attached hydrogens (tertiary/aromatic N) is 2. The molecule has 0 aliphatic carbocycles. The van der Waals surface area contributed by atoms with Gasteiger partial charge in [-0.05, 0) is 18.9 Å². The normalized spacial score (nSPS) is 10.9. The molecule has 0 aromatic carbocycles. The Bertz CT molecular complexity index is 360. The number of rotatable bonds is 8. The topological polar surface area (TPSA) is 59.0 Å². The van der Waals surface area contributed by atoms with E-state index in [-0.39, 0.29) is 5.91 Å². The number of aromatic nitrogens is 2. The predicted octanol–water partition coefficient (Wildman–Crippen LogP) is 1.15. The van der Waals surface area contributed by atoms with Gasteiger partial charge in [0.25, 0.3) is 0 Å². The van der Waals surface area contributed by atoms with Crippen LogP contribution in [-0.2, 0) is 17.9 Å². The van der Waals surface area contributed by atoms with Crippen molar-refractivity contribution in [3.05, 3.63) is 18.2 Å². The molecule has 5 nitrogen and oxygen atoms in total. The van der Waals surface area contributed by atoms with Crippen molar-refractivity contribution in [3.8, 4) is 0 Å². The van der Waals surface area contributed by atoms with Crippen LogP contribution in [0.2, 0.25) is 0 Å². The van der Waals surface area contributed by atoms with Crippen LogP contribution in [0.3, 0.4) is 0 Å². The smallest absolute Gasteiger partial charge is 0.219 e. The second kappa shape index (κ2) is 7.87. The van der Waals surface area contributed by atoms with Gasteiger partial charge in [0.15, 0.2) is 0 Å². The van der Waals surface area contributed by atoms with E-state index in [1.54, 1.807) is 7.05 Å². The first kappa shape index (κ1) is 14.7. The van der Waals surface area contributed by atoms with Crippen LogP contribution >= 0.6 is 0 Å². The fraction of sp³-hybridized carbons (Fsp3) is 0.692. The number of amides is 1. The number of hydrogen-bond donors (Lipinski definition) is 2. The van der Waals surface area contributed by atoms with Gasteiger partial charge < -0.3 is 15.2 Å². The van der Waals surface area contributed by atoms with Gasteiger partial charge in [-0.1, -0.05) is 13.8 Å². The molecule has 0 atom stereocenters. The summed E-state index contributed by atoms with van der Waals surface area (Å²) < 4.78 is 2.04. The third-order valence-corrected chi connectivity index (χ3v) is 2.64. The molecular weight excluding hydrogens is 228 g/mol. The molecule has 1 amide bonds. The monoisotopic (exact) mass is 252 g/mol. The number of carbonyl (C=O) groups is 1. The predicted molar refractivity (Wildman–Crippen MR) is 72.1 cm³/mol. The van der Waals surface area contributed by atoms with E-state index in [9.17, 15) is 4.79 Å². The molecule has 0 spiro atoms. The maximum atomic E-state index is 11.1. The molecule has 1 heterocycles. The summed E-state index contributed by atoms with van der Waals surface area (Å²) in [5, 5.41) is 5.98. The third-order valence-electron chi connectivity index (χ3n) is 2.64. The maximum Gasteiger partial charge on any atom is 0.219 e. The fourth-order valence-corrected chi connectivity index (χ4v) is 1.66. The summed E-state index contributed by atoms with van der Waals surface area (Å²) in [6, 6.07) is 0. The van der Waals surface area contributed by atoms with Crippen LogP contribution < -0.4 is 10.6 Å². The molecule has 0 radical (unpaired) electrons. The average molecular weight is 252 g/mol. The largest absolute Gasteiger partial charge is 0.359 e. The van der Waals surface area contributed by atoms with Gasteiger partial charge in [0.2, 0.25) is 5.91 Å². The highest BCUT2D eigenvalue weighted by Crippen LogP contribution is 2.00. The van der Waals surface area contributed by atoms with Gasteiger partial charge in [-0.3, -0.25) is 4.79 Å². The number of aryl methyl sites for hydroxylation is 1. The zero-order valence-corrected chi connectivity index (χ0v) is 11.6. The van der Waals surface area contributed by atoms with Crippen LogP contribution in [0.15, 0.2) is 12.5 Å². The van der Waals surface area contributed by atoms with Crippen molar-refractivity contribution in [1.29, 1.82) is 0 Å². The second-order valence-electron chi connectivity index (χ2n) is 4.90. The van der Waals surface area contributed by atoms with E-state index in [4.69, 9.17) is 0 Å². The summed E-state index contributed by atoms with van der Waals surface area (Å²) in [7, 11) is 1.66. The first-order chi connectivity index (χ1) is 8.61. The van der Waals surface area contributed by atoms with E-state index < -0.39 is 0 Å². The van der Waals surface area contributed by atoms with Crippen molar-refractivity contribution in [3.63, 3.8) is 0 Å². The van der Waals surface area contributed by atoms with Crippen molar-refractivity contribution in [2.45, 2.75) is 39.8 Å². The Morgan fingerprint density at radius 2 is 2.28 bits per heavy atom. The molecule has 5 heteroatoms. The second-order valence-corrected chi connectivity index (χ2v) is 4.90. The third kappa shape index (κ3) is 5.82. The van der Waals surface area contributed by atoms with Crippen LogP contribution in [0.5, 0.6) is 0 Å². The van der Waals surface area contributed by atoms with Crippen LogP contribution in [0.1, 0.15) is 32.4 Å². The fourth-order valence-electron chi connectivity index (χ4n) is 1.66. The molecule has 1 rings (SSSR count). The van der Waals surface area contributed by atoms with E-state index in [0.717, 1.165) is 31.7 Å². The SMILES string of the molecule is CNC(=O)CCCn1cnc(CNCC(C)C)c1. The van der Waals surface area contributed by atoms with E-state index in [1.165, 1.54) is 0 Å². The van der Waals surface area contributed by atoms with Gasteiger partial charge in [-0.25, -0.2) is 4.98 Å². The highest BCUT2D eigenvalue weighted by molar-refractivity contribution is 5.75. The first-order valence-electron chi connectivity index (χ1n) is 6.53. The maximum absolute atomic E-state index is 11.1. The van der Waals surface area contributed by atoms with Crippen LogP contribution in [0, 0.1) is 5.92 Å². The van der Waals surface area contributed by atoms with E-state index in [2.05, 4.69) is 29.5 Å². The Morgan fingerprint density at radius 1 is 1.50 bits per heavy atom. The summed E-state index contributed by atoms with van der Waals surface area (Å²) in [6.07, 6.45) is 5.28. The van der Waals surface area contributed by atoms with Crippen LogP contribution in [0.25, 0.3) is 0 Å². The van der Waals surface area contributed by atoms with Gasteiger partial charge in [-0.2, -0.15) is 0 Å². The molecule has 0 aliphatic rings. The van der Waals surface area contributed by atoms with E-state index in [1.807, 2.05) is 17.1 Å². The molecule has 18 heavy (non-hydrogen) atoms. The Hall–Kier alpha value is -1.36. The molecule has 0 saturated carbocycles. The molecule has 1 aromatic heterocycles. The zero-order chi connectivity index (χ0) is 13.4. The molecule has 0 bridgehead atoms. The molecule has 1 aromatic rings. The molecule has 0 saturated heterocycles. The quantitative estimate of drug-likeness (QED) is 0.730. The number of carbonyl (C=O) groups excluding carboxylic acids is 1. The Balaban J connectivity index is 2.23. The van der Waals surface area contributed by atoms with Gasteiger partial charge >= 0.3 is 0 Å². The van der Waals surface area contributed by atoms with Crippen molar-refractivity contribution in [1.82, 2.24) is 20.2 Å². The highest BCUT2D eigenvalue weighted by Gasteiger charge is 2.01. The Morgan fingerprint density at radius 3 is 2.94 bits per heavy atom. The minimum Gasteiger partial charge on any atom is -0.359 e. The van der Waals surface area contributed by atoms with E-state index in [0.29, 0.717) is 12.3 Å². The number of hydrogen-bond acceptors (Lipinski definition) is 3. The van der Waals surface area contributed by atoms with Crippen molar-refractivity contribution >= 4 is 5.91 Å². The Labute approximate surface area is 109 Å². The lowest BCUT2D eigenvalue weighted by Gasteiger charge is -2.05. The average Bonchev–Trinajstić information content (AvgIpc) is 2.76. The minimum absolute atomic E-state index is 0.0916. The molecule has 0 aliphatic heterocycles. The Kier molecular flexibility index (Phi) is 6.43. The van der Waals surface area contributed by atoms with Gasteiger partial charge in [0, 0.05) is 32.8 Å². The number of imidazole rings is 1. The highest BCUT2D eigenvalue weighted by atomic mass is 16.1. The van der Waals surface area contributed by atoms with E-state index >= 15 is 0 Å². The van der Waals surface area contributed by atoms with Gasteiger partial charge in [0.1, 0.15) is 0 Å². The van der Waals surface area contributed by atoms with Crippen molar-refractivity contribution < 1.29 is 4.79 Å². The summed E-state index contributed by atoms with van der Waals surface area (Å²) in [4.78, 5) is 15.4. The van der Waals surface area contributed by atoms with Gasteiger partial charge in [0.05, 0.1) is 12.0 Å². The van der Waals surface area contributed by atoms with Crippen LogP contribution in [-0.4, -0.2) is 29.1 Å². The number of nitrogens with one attached hydrogen (secondary N) is 2. The summed E-state index contributed by atoms with van der Waals surface area (Å²) >= 11 is 0. The zero-order valence-electron chi connectivity index (χ0n) is 11.6. The lowest BCUT2D eigenvalue weighted by atomic mass is 10.2. The lowest BCUT2D eigenvalue weighted by Crippen LogP contribution is -2.19. The summed E-state index contributed by atoms with van der Waals surface area (Å²) in [5.74, 6) is 0.744. The molecule has 102 valence electrons. The molecular formula is C13H24N4O. The summed E-state index contributed by atoms with van der Waals surface area (Å²) in [6.45, 7) is 7.02. The van der Waals surface area contributed by atoms with Crippen molar-refractivity contribution in [2.24, 2.45) is 5.92 Å². The van der Waals surface area contributed by atoms with Gasteiger partial charge in [-0.15, -0.1) is 0 Å². The minimum atomic E-state index is 0.0916. The molecule has 2 N–H and O–H groups in total. The molecule has 0 unspecified atom stereocenters. The molecule has 0 fully saturated rings. The summed E-state index contributed by atoms with van der Waals surface area (Å²) in [5.41, 5.74) is 1.05. The van der Waals surface area contributed by atoms with Crippen molar-refractivity contribution in [2.75, 3.05) is 13.6 Å².